The second kappa shape index (κ2) is 11.1. The molecule has 0 radical (unpaired) electrons. The molecule has 0 fully saturated rings. The molecule has 0 aromatic heterocycles. The lowest BCUT2D eigenvalue weighted by Gasteiger charge is -2.01. The van der Waals surface area contributed by atoms with Crippen LogP contribution in [0.4, 0.5) is 0 Å². The maximum absolute atomic E-state index is 8.57. The molecule has 2 heteroatoms. The lowest BCUT2D eigenvalue weighted by atomic mass is 10.1. The molecular weight excluding hydrogens is 196 g/mol. The number of hydrogen-bond acceptors (Lipinski definition) is 1. The Morgan fingerprint density at radius 3 is 1.71 bits per heavy atom. The average Bonchev–Trinajstić information content (AvgIpc) is 2.15. The van der Waals surface area contributed by atoms with E-state index >= 15 is 0 Å². The molecule has 0 bridgehead atoms. The quantitative estimate of drug-likeness (QED) is 0.544. The van der Waals surface area contributed by atoms with Crippen LogP contribution in [0.1, 0.15) is 57.8 Å². The number of halogens is 1. The van der Waals surface area contributed by atoms with Gasteiger partial charge in [0.15, 0.2) is 0 Å². The van der Waals surface area contributed by atoms with E-state index in [1.54, 1.807) is 0 Å². The lowest BCUT2D eigenvalue weighted by Crippen LogP contribution is -1.84. The minimum Gasteiger partial charge on any atom is -0.396 e. The maximum atomic E-state index is 8.57. The highest BCUT2D eigenvalue weighted by molar-refractivity contribution is 6.29. The molecule has 0 saturated heterocycles. The smallest absolute Gasteiger partial charge is 0.0431 e. The fourth-order valence-corrected chi connectivity index (χ4v) is 1.62. The van der Waals surface area contributed by atoms with Gasteiger partial charge in [0.25, 0.3) is 0 Å². The van der Waals surface area contributed by atoms with Gasteiger partial charge in [-0.25, -0.2) is 0 Å². The van der Waals surface area contributed by atoms with E-state index in [1.807, 2.05) is 0 Å². The monoisotopic (exact) mass is 218 g/mol. The van der Waals surface area contributed by atoms with Crippen molar-refractivity contribution >= 4 is 11.6 Å². The summed E-state index contributed by atoms with van der Waals surface area (Å²) in [5.41, 5.74) is 0. The van der Waals surface area contributed by atoms with Crippen LogP contribution in [0.5, 0.6) is 0 Å². The van der Waals surface area contributed by atoms with Crippen molar-refractivity contribution in [2.45, 2.75) is 57.8 Å². The summed E-state index contributed by atoms with van der Waals surface area (Å²) in [5, 5.41) is 9.36. The van der Waals surface area contributed by atoms with Gasteiger partial charge in [0.1, 0.15) is 0 Å². The van der Waals surface area contributed by atoms with Gasteiger partial charge < -0.3 is 5.11 Å². The zero-order valence-corrected chi connectivity index (χ0v) is 9.86. The van der Waals surface area contributed by atoms with Crippen molar-refractivity contribution < 1.29 is 5.11 Å². The summed E-state index contributed by atoms with van der Waals surface area (Å²) in [5.74, 6) is 0. The molecule has 84 valence electrons. The van der Waals surface area contributed by atoms with Crippen molar-refractivity contribution in [2.24, 2.45) is 0 Å². The van der Waals surface area contributed by atoms with Crippen molar-refractivity contribution in [2.75, 3.05) is 6.61 Å². The van der Waals surface area contributed by atoms with Crippen molar-refractivity contribution in [3.05, 3.63) is 11.6 Å². The molecule has 0 spiro atoms. The molecule has 0 atom stereocenters. The van der Waals surface area contributed by atoms with Crippen molar-refractivity contribution in [3.8, 4) is 0 Å². The summed E-state index contributed by atoms with van der Waals surface area (Å²) >= 11 is 5.66. The number of unbranched alkanes of at least 4 members (excludes halogenated alkanes) is 7. The molecule has 0 aliphatic heterocycles. The Balaban J connectivity index is 2.88. The Hall–Kier alpha value is -0.0100. The van der Waals surface area contributed by atoms with Crippen molar-refractivity contribution in [1.29, 1.82) is 0 Å². The largest absolute Gasteiger partial charge is 0.396 e. The third-order valence-corrected chi connectivity index (χ3v) is 2.55. The molecule has 0 aliphatic carbocycles. The van der Waals surface area contributed by atoms with Crippen molar-refractivity contribution in [3.63, 3.8) is 0 Å². The molecule has 1 nitrogen and oxygen atoms in total. The van der Waals surface area contributed by atoms with Gasteiger partial charge >= 0.3 is 0 Å². The highest BCUT2D eigenvalue weighted by atomic mass is 35.5. The highest BCUT2D eigenvalue weighted by Gasteiger charge is 1.93. The maximum Gasteiger partial charge on any atom is 0.0431 e. The zero-order valence-electron chi connectivity index (χ0n) is 9.10. The van der Waals surface area contributed by atoms with Crippen LogP contribution in [-0.4, -0.2) is 11.7 Å². The van der Waals surface area contributed by atoms with Crippen LogP contribution in [0.2, 0.25) is 0 Å². The van der Waals surface area contributed by atoms with Crippen LogP contribution in [0.15, 0.2) is 11.6 Å². The fraction of sp³-hybridized carbons (Fsp3) is 0.833. The first-order valence-corrected chi connectivity index (χ1v) is 6.09. The molecule has 0 heterocycles. The molecule has 0 amide bonds. The molecule has 14 heavy (non-hydrogen) atoms. The van der Waals surface area contributed by atoms with Crippen LogP contribution in [0.25, 0.3) is 0 Å². The van der Waals surface area contributed by atoms with Gasteiger partial charge in [0.05, 0.1) is 0 Å². The molecule has 0 aliphatic rings. The summed E-state index contributed by atoms with van der Waals surface area (Å²) in [6, 6.07) is 0. The summed E-state index contributed by atoms with van der Waals surface area (Å²) in [4.78, 5) is 0. The number of aliphatic hydroxyl groups is 1. The Bertz CT molecular complexity index is 134. The fourth-order valence-electron chi connectivity index (χ4n) is 1.49. The summed E-state index contributed by atoms with van der Waals surface area (Å²) in [7, 11) is 0. The van der Waals surface area contributed by atoms with Crippen LogP contribution in [0.3, 0.4) is 0 Å². The molecule has 0 aromatic carbocycles. The van der Waals surface area contributed by atoms with Crippen LogP contribution in [-0.2, 0) is 0 Å². The molecule has 0 rings (SSSR count). The Morgan fingerprint density at radius 1 is 0.857 bits per heavy atom. The Kier molecular flexibility index (Phi) is 11.1. The van der Waals surface area contributed by atoms with E-state index in [4.69, 9.17) is 16.7 Å². The summed E-state index contributed by atoms with van der Waals surface area (Å²) < 4.78 is 0. The molecule has 0 saturated carbocycles. The second-order valence-corrected chi connectivity index (χ2v) is 4.35. The first-order chi connectivity index (χ1) is 6.77. The van der Waals surface area contributed by atoms with E-state index in [-0.39, 0.29) is 0 Å². The third-order valence-electron chi connectivity index (χ3n) is 2.36. The zero-order chi connectivity index (χ0) is 10.6. The van der Waals surface area contributed by atoms with Gasteiger partial charge in [-0.1, -0.05) is 56.7 Å². The SMILES string of the molecule is C=C(Cl)CCCCCCCCCCO. The average molecular weight is 219 g/mol. The lowest BCUT2D eigenvalue weighted by molar-refractivity contribution is 0.282. The van der Waals surface area contributed by atoms with E-state index in [9.17, 15) is 0 Å². The topological polar surface area (TPSA) is 20.2 Å². The second-order valence-electron chi connectivity index (χ2n) is 3.82. The summed E-state index contributed by atoms with van der Waals surface area (Å²) in [6.45, 7) is 4.01. The van der Waals surface area contributed by atoms with Crippen LogP contribution >= 0.6 is 11.6 Å². The van der Waals surface area contributed by atoms with E-state index in [0.29, 0.717) is 6.61 Å². The predicted molar refractivity (Wildman–Crippen MR) is 63.6 cm³/mol. The third kappa shape index (κ3) is 12.0. The van der Waals surface area contributed by atoms with E-state index in [2.05, 4.69) is 6.58 Å². The van der Waals surface area contributed by atoms with Gasteiger partial charge in [-0.05, 0) is 19.3 Å². The number of rotatable bonds is 10. The van der Waals surface area contributed by atoms with E-state index < -0.39 is 0 Å². The Morgan fingerprint density at radius 2 is 1.29 bits per heavy atom. The van der Waals surface area contributed by atoms with Gasteiger partial charge in [-0.2, -0.15) is 0 Å². The van der Waals surface area contributed by atoms with Gasteiger partial charge in [-0.15, -0.1) is 0 Å². The molecule has 0 aromatic rings. The highest BCUT2D eigenvalue weighted by Crippen LogP contribution is 2.13. The normalized spacial score (nSPS) is 10.4. The molecule has 1 N–H and O–H groups in total. The predicted octanol–water partition coefficient (Wildman–Crippen LogP) is 4.24. The molecular formula is C12H23ClO. The summed E-state index contributed by atoms with van der Waals surface area (Å²) in [6.07, 6.45) is 10.8. The standard InChI is InChI=1S/C12H23ClO/c1-12(13)10-8-6-4-2-3-5-7-9-11-14/h14H,1-11H2. The minimum absolute atomic E-state index is 0.345. The van der Waals surface area contributed by atoms with E-state index in [0.717, 1.165) is 17.9 Å². The minimum atomic E-state index is 0.345. The van der Waals surface area contributed by atoms with Crippen LogP contribution < -0.4 is 0 Å². The number of hydrogen-bond donors (Lipinski definition) is 1. The van der Waals surface area contributed by atoms with Gasteiger partial charge in [0.2, 0.25) is 0 Å². The first kappa shape index (κ1) is 14.0. The number of allylic oxidation sites excluding steroid dienone is 1. The van der Waals surface area contributed by atoms with Gasteiger partial charge in [-0.3, -0.25) is 0 Å². The number of aliphatic hydroxyl groups excluding tert-OH is 1. The van der Waals surface area contributed by atoms with Gasteiger partial charge in [0, 0.05) is 11.6 Å². The molecule has 0 unspecified atom stereocenters. The van der Waals surface area contributed by atoms with Crippen molar-refractivity contribution in [1.82, 2.24) is 0 Å². The Labute approximate surface area is 93.2 Å². The van der Waals surface area contributed by atoms with Crippen LogP contribution in [0, 0.1) is 0 Å². The first-order valence-electron chi connectivity index (χ1n) is 5.71. The van der Waals surface area contributed by atoms with E-state index in [1.165, 1.54) is 44.9 Å².